The molecule has 0 amide bonds. The fraction of sp³-hybridized carbons (Fsp3) is 0.316. The fourth-order valence-corrected chi connectivity index (χ4v) is 2.79. The molecule has 0 aliphatic rings. The van der Waals surface area contributed by atoms with Gasteiger partial charge in [-0.05, 0) is 36.6 Å². The van der Waals surface area contributed by atoms with Gasteiger partial charge in [-0.3, -0.25) is 4.79 Å². The van der Waals surface area contributed by atoms with Crippen LogP contribution in [0.4, 0.5) is 0 Å². The second-order valence-electron chi connectivity index (χ2n) is 5.50. The van der Waals surface area contributed by atoms with Crippen molar-refractivity contribution < 1.29 is 19.4 Å². The highest BCUT2D eigenvalue weighted by Gasteiger charge is 2.18. The molecule has 0 aromatic heterocycles. The lowest BCUT2D eigenvalue weighted by Crippen LogP contribution is -2.38. The number of carboxylic acid groups (broad SMARTS) is 1. The van der Waals surface area contributed by atoms with E-state index < -0.39 is 12.0 Å². The van der Waals surface area contributed by atoms with Crippen LogP contribution in [0.2, 0.25) is 5.02 Å². The zero-order valence-corrected chi connectivity index (χ0v) is 15.0. The number of aliphatic carboxylic acids is 1. The summed E-state index contributed by atoms with van der Waals surface area (Å²) in [4.78, 5) is 11.5. The van der Waals surface area contributed by atoms with Crippen LogP contribution in [0.1, 0.15) is 18.1 Å². The molecule has 2 rings (SSSR count). The molecule has 0 saturated heterocycles. The highest BCUT2D eigenvalue weighted by molar-refractivity contribution is 6.32. The summed E-state index contributed by atoms with van der Waals surface area (Å²) in [5.74, 6) is 0.128. The molecular formula is C19H22ClNO4. The summed E-state index contributed by atoms with van der Waals surface area (Å²) in [6.45, 7) is 2.70. The maximum Gasteiger partial charge on any atom is 0.321 e. The molecule has 2 aromatic rings. The molecule has 2 aromatic carbocycles. The van der Waals surface area contributed by atoms with E-state index in [0.717, 1.165) is 11.1 Å². The molecule has 2 N–H and O–H groups in total. The zero-order valence-electron chi connectivity index (χ0n) is 14.3. The summed E-state index contributed by atoms with van der Waals surface area (Å²) < 4.78 is 10.8. The minimum atomic E-state index is -0.896. The number of hydrogen-bond donors (Lipinski definition) is 2. The van der Waals surface area contributed by atoms with Crippen molar-refractivity contribution >= 4 is 17.6 Å². The van der Waals surface area contributed by atoms with Gasteiger partial charge in [0.15, 0.2) is 11.5 Å². The van der Waals surface area contributed by atoms with Crippen LogP contribution in [-0.4, -0.2) is 30.8 Å². The number of carboxylic acids is 1. The van der Waals surface area contributed by atoms with E-state index in [1.54, 1.807) is 19.2 Å². The minimum absolute atomic E-state index is 0.353. The predicted molar refractivity (Wildman–Crippen MR) is 97.6 cm³/mol. The van der Waals surface area contributed by atoms with Crippen LogP contribution in [0.25, 0.3) is 0 Å². The second-order valence-corrected chi connectivity index (χ2v) is 5.91. The molecule has 0 aliphatic heterocycles. The van der Waals surface area contributed by atoms with Crippen LogP contribution in [0.5, 0.6) is 11.5 Å². The molecule has 134 valence electrons. The van der Waals surface area contributed by atoms with Gasteiger partial charge >= 0.3 is 5.97 Å². The summed E-state index contributed by atoms with van der Waals surface area (Å²) in [5.41, 5.74) is 1.79. The number of ether oxygens (including phenoxy) is 2. The van der Waals surface area contributed by atoms with Crippen molar-refractivity contribution in [3.8, 4) is 11.5 Å². The molecule has 0 radical (unpaired) electrons. The Hall–Kier alpha value is -2.24. The Morgan fingerprint density at radius 3 is 2.56 bits per heavy atom. The lowest BCUT2D eigenvalue weighted by atomic mass is 10.1. The van der Waals surface area contributed by atoms with E-state index >= 15 is 0 Å². The Labute approximate surface area is 152 Å². The Balaban J connectivity index is 2.09. The monoisotopic (exact) mass is 363 g/mol. The average molecular weight is 364 g/mol. The van der Waals surface area contributed by atoms with Crippen molar-refractivity contribution in [2.75, 3.05) is 13.7 Å². The van der Waals surface area contributed by atoms with Gasteiger partial charge in [-0.1, -0.05) is 41.9 Å². The molecule has 5 nitrogen and oxygen atoms in total. The lowest BCUT2D eigenvalue weighted by molar-refractivity contribution is -0.139. The second kappa shape index (κ2) is 9.30. The van der Waals surface area contributed by atoms with Gasteiger partial charge in [0.25, 0.3) is 0 Å². The van der Waals surface area contributed by atoms with E-state index in [1.807, 2.05) is 37.3 Å². The summed E-state index contributed by atoms with van der Waals surface area (Å²) in [6.07, 6.45) is 0.401. The van der Waals surface area contributed by atoms with Crippen molar-refractivity contribution in [2.24, 2.45) is 0 Å². The molecule has 0 saturated carbocycles. The molecule has 0 bridgehead atoms. The predicted octanol–water partition coefficient (Wildman–Crippen LogP) is 3.53. The number of carbonyl (C=O) groups is 1. The lowest BCUT2D eigenvalue weighted by Gasteiger charge is -2.17. The van der Waals surface area contributed by atoms with E-state index in [4.69, 9.17) is 21.1 Å². The van der Waals surface area contributed by atoms with Crippen LogP contribution in [0.15, 0.2) is 42.5 Å². The van der Waals surface area contributed by atoms with E-state index in [0.29, 0.717) is 36.1 Å². The fourth-order valence-electron chi connectivity index (χ4n) is 2.50. The van der Waals surface area contributed by atoms with Gasteiger partial charge in [-0.15, -0.1) is 0 Å². The van der Waals surface area contributed by atoms with Crippen molar-refractivity contribution in [1.29, 1.82) is 0 Å². The Morgan fingerprint density at radius 1 is 1.24 bits per heavy atom. The molecule has 0 spiro atoms. The summed E-state index contributed by atoms with van der Waals surface area (Å²) in [5, 5.41) is 12.9. The molecule has 0 heterocycles. The zero-order chi connectivity index (χ0) is 18.2. The average Bonchev–Trinajstić information content (AvgIpc) is 2.61. The summed E-state index contributed by atoms with van der Waals surface area (Å²) >= 11 is 6.25. The van der Waals surface area contributed by atoms with Crippen molar-refractivity contribution in [1.82, 2.24) is 5.32 Å². The Bertz CT molecular complexity index is 706. The van der Waals surface area contributed by atoms with Crippen LogP contribution in [-0.2, 0) is 17.8 Å². The van der Waals surface area contributed by atoms with Crippen molar-refractivity contribution in [3.63, 3.8) is 0 Å². The molecule has 25 heavy (non-hydrogen) atoms. The van der Waals surface area contributed by atoms with Gasteiger partial charge in [0.05, 0.1) is 18.7 Å². The van der Waals surface area contributed by atoms with Crippen molar-refractivity contribution in [2.45, 2.75) is 25.9 Å². The molecule has 0 fully saturated rings. The van der Waals surface area contributed by atoms with Crippen LogP contribution in [0, 0.1) is 0 Å². The van der Waals surface area contributed by atoms with Gasteiger partial charge in [0.1, 0.15) is 6.04 Å². The number of benzene rings is 2. The molecular weight excluding hydrogens is 342 g/mol. The van der Waals surface area contributed by atoms with Crippen LogP contribution < -0.4 is 14.8 Å². The van der Waals surface area contributed by atoms with Gasteiger partial charge in [0, 0.05) is 6.54 Å². The summed E-state index contributed by atoms with van der Waals surface area (Å²) in [7, 11) is 1.54. The number of methoxy groups -OCH3 is 1. The van der Waals surface area contributed by atoms with Crippen LogP contribution >= 0.6 is 11.6 Å². The molecule has 0 aliphatic carbocycles. The molecule has 1 atom stereocenters. The first-order valence-electron chi connectivity index (χ1n) is 8.04. The Morgan fingerprint density at radius 2 is 1.96 bits per heavy atom. The SMILES string of the molecule is CCOc1c(Cl)cc(CN[C@H](Cc2ccccc2)C(=O)O)cc1OC. The minimum Gasteiger partial charge on any atom is -0.493 e. The smallest absolute Gasteiger partial charge is 0.321 e. The highest BCUT2D eigenvalue weighted by atomic mass is 35.5. The van der Waals surface area contributed by atoms with E-state index in [1.165, 1.54) is 0 Å². The van der Waals surface area contributed by atoms with E-state index in [-0.39, 0.29) is 0 Å². The maximum absolute atomic E-state index is 11.5. The Kier molecular flexibility index (Phi) is 7.10. The number of halogens is 1. The van der Waals surface area contributed by atoms with Crippen molar-refractivity contribution in [3.05, 3.63) is 58.6 Å². The number of nitrogens with one attached hydrogen (secondary N) is 1. The summed E-state index contributed by atoms with van der Waals surface area (Å²) in [6, 6.07) is 12.4. The number of rotatable bonds is 9. The van der Waals surface area contributed by atoms with Gasteiger partial charge in [-0.2, -0.15) is 0 Å². The van der Waals surface area contributed by atoms with Gasteiger partial charge < -0.3 is 19.9 Å². The third-order valence-electron chi connectivity index (χ3n) is 3.71. The first-order valence-corrected chi connectivity index (χ1v) is 8.42. The standard InChI is InChI=1S/C19H22ClNO4/c1-3-25-18-15(20)9-14(11-17(18)24-2)12-21-16(19(22)23)10-13-7-5-4-6-8-13/h4-9,11,16,21H,3,10,12H2,1-2H3,(H,22,23)/t16-/m1/s1. The largest absolute Gasteiger partial charge is 0.493 e. The van der Waals surface area contributed by atoms with Gasteiger partial charge in [0.2, 0.25) is 0 Å². The number of hydrogen-bond acceptors (Lipinski definition) is 4. The van der Waals surface area contributed by atoms with Crippen LogP contribution in [0.3, 0.4) is 0 Å². The normalized spacial score (nSPS) is 11.8. The quantitative estimate of drug-likeness (QED) is 0.713. The topological polar surface area (TPSA) is 67.8 Å². The van der Waals surface area contributed by atoms with Gasteiger partial charge in [-0.25, -0.2) is 0 Å². The third-order valence-corrected chi connectivity index (χ3v) is 3.99. The third kappa shape index (κ3) is 5.37. The molecule has 6 heteroatoms. The van der Waals surface area contributed by atoms with E-state index in [2.05, 4.69) is 5.32 Å². The molecule has 0 unspecified atom stereocenters. The first kappa shape index (κ1) is 19.1. The first-order chi connectivity index (χ1) is 12.0. The maximum atomic E-state index is 11.5. The van der Waals surface area contributed by atoms with E-state index in [9.17, 15) is 9.90 Å². The highest BCUT2D eigenvalue weighted by Crippen LogP contribution is 2.36.